The van der Waals surface area contributed by atoms with Gasteiger partial charge in [0.25, 0.3) is 0 Å². The Bertz CT molecular complexity index is 342. The Morgan fingerprint density at radius 3 is 3.00 bits per heavy atom. The smallest absolute Gasteiger partial charge is 0.423 e. The van der Waals surface area contributed by atoms with Gasteiger partial charge in [0, 0.05) is 10.5 Å². The summed E-state index contributed by atoms with van der Waals surface area (Å²) >= 11 is 5.95. The first kappa shape index (κ1) is 9.03. The van der Waals surface area contributed by atoms with Crippen LogP contribution in [0.3, 0.4) is 0 Å². The van der Waals surface area contributed by atoms with Crippen molar-refractivity contribution in [3.05, 3.63) is 28.3 Å². The van der Waals surface area contributed by atoms with Crippen LogP contribution in [-0.2, 0) is 17.9 Å². The molecule has 1 heterocycles. The van der Waals surface area contributed by atoms with Gasteiger partial charge in [0.15, 0.2) is 0 Å². The molecule has 3 nitrogen and oxygen atoms in total. The van der Waals surface area contributed by atoms with E-state index in [-0.39, 0.29) is 6.61 Å². The Hall–Kier alpha value is -0.545. The van der Waals surface area contributed by atoms with Crippen molar-refractivity contribution in [2.75, 3.05) is 0 Å². The van der Waals surface area contributed by atoms with E-state index in [1.807, 2.05) is 6.07 Å². The zero-order valence-corrected chi connectivity index (χ0v) is 7.58. The number of aliphatic hydroxyl groups excluding tert-OH is 1. The highest BCUT2D eigenvalue weighted by molar-refractivity contribution is 6.65. The maximum atomic E-state index is 9.39. The minimum Gasteiger partial charge on any atom is -0.423 e. The summed E-state index contributed by atoms with van der Waals surface area (Å²) in [6.07, 6.45) is 0. The second-order valence-electron chi connectivity index (χ2n) is 2.93. The van der Waals surface area contributed by atoms with Crippen LogP contribution >= 0.6 is 11.6 Å². The first-order valence-electron chi connectivity index (χ1n) is 3.94. The van der Waals surface area contributed by atoms with Gasteiger partial charge in [-0.2, -0.15) is 0 Å². The molecule has 1 aliphatic heterocycles. The molecule has 0 radical (unpaired) electrons. The van der Waals surface area contributed by atoms with Crippen molar-refractivity contribution in [3.8, 4) is 0 Å². The van der Waals surface area contributed by atoms with E-state index in [1.165, 1.54) is 0 Å². The molecule has 2 rings (SSSR count). The number of rotatable bonds is 1. The van der Waals surface area contributed by atoms with Gasteiger partial charge < -0.3 is 14.8 Å². The predicted octanol–water partition coefficient (Wildman–Crippen LogP) is 0.0500. The first-order valence-corrected chi connectivity index (χ1v) is 4.32. The fraction of sp³-hybridized carbons (Fsp3) is 0.250. The van der Waals surface area contributed by atoms with Crippen LogP contribution in [0.2, 0.25) is 5.02 Å². The standard InChI is InChI=1S/C8H8BClO3/c10-8-5(3-11)1-2-6-4-13-9(12)7(6)8/h1-2,11-12H,3-4H2. The monoisotopic (exact) mass is 198 g/mol. The number of halogens is 1. The zero-order chi connectivity index (χ0) is 9.42. The zero-order valence-electron chi connectivity index (χ0n) is 6.83. The molecule has 0 amide bonds. The van der Waals surface area contributed by atoms with Gasteiger partial charge in [-0.1, -0.05) is 23.7 Å². The largest absolute Gasteiger partial charge is 0.493 e. The molecule has 13 heavy (non-hydrogen) atoms. The summed E-state index contributed by atoms with van der Waals surface area (Å²) in [5.41, 5.74) is 2.09. The van der Waals surface area contributed by atoms with Crippen molar-refractivity contribution >= 4 is 24.2 Å². The molecule has 0 aliphatic carbocycles. The van der Waals surface area contributed by atoms with E-state index in [2.05, 4.69) is 0 Å². The topological polar surface area (TPSA) is 49.7 Å². The normalized spacial score (nSPS) is 14.8. The van der Waals surface area contributed by atoms with Crippen LogP contribution in [-0.4, -0.2) is 17.2 Å². The van der Waals surface area contributed by atoms with Crippen LogP contribution in [0.15, 0.2) is 12.1 Å². The minimum atomic E-state index is -0.950. The maximum Gasteiger partial charge on any atom is 0.493 e. The minimum absolute atomic E-state index is 0.126. The Balaban J connectivity index is 2.56. The summed E-state index contributed by atoms with van der Waals surface area (Å²) in [7, 11) is -0.950. The highest BCUT2D eigenvalue weighted by Gasteiger charge is 2.30. The van der Waals surface area contributed by atoms with Gasteiger partial charge in [-0.3, -0.25) is 0 Å². The van der Waals surface area contributed by atoms with Crippen LogP contribution in [0.4, 0.5) is 0 Å². The molecule has 5 heteroatoms. The molecule has 1 aliphatic rings. The fourth-order valence-corrected chi connectivity index (χ4v) is 1.78. The third-order valence-corrected chi connectivity index (χ3v) is 2.61. The molecule has 0 unspecified atom stereocenters. The van der Waals surface area contributed by atoms with Gasteiger partial charge in [-0.25, -0.2) is 0 Å². The van der Waals surface area contributed by atoms with Crippen molar-refractivity contribution in [1.29, 1.82) is 0 Å². The maximum absolute atomic E-state index is 9.39. The van der Waals surface area contributed by atoms with Crippen molar-refractivity contribution in [3.63, 3.8) is 0 Å². The molecule has 2 N–H and O–H groups in total. The Morgan fingerprint density at radius 2 is 2.31 bits per heavy atom. The second kappa shape index (κ2) is 3.31. The van der Waals surface area contributed by atoms with Crippen LogP contribution in [0, 0.1) is 0 Å². The van der Waals surface area contributed by atoms with E-state index in [4.69, 9.17) is 21.4 Å². The second-order valence-corrected chi connectivity index (χ2v) is 3.31. The summed E-state index contributed by atoms with van der Waals surface area (Å²) in [5, 5.41) is 18.7. The molecular formula is C8H8BClO3. The summed E-state index contributed by atoms with van der Waals surface area (Å²) in [6, 6.07) is 3.55. The lowest BCUT2D eigenvalue weighted by Crippen LogP contribution is -2.29. The SMILES string of the molecule is OCc1ccc2c(c1Cl)B(O)OC2. The molecule has 68 valence electrons. The lowest BCUT2D eigenvalue weighted by atomic mass is 9.78. The molecule has 0 bridgehead atoms. The fourth-order valence-electron chi connectivity index (χ4n) is 1.45. The van der Waals surface area contributed by atoms with Crippen LogP contribution in [0.25, 0.3) is 0 Å². The van der Waals surface area contributed by atoms with Crippen LogP contribution in [0.5, 0.6) is 0 Å². The molecule has 0 atom stereocenters. The van der Waals surface area contributed by atoms with Gasteiger partial charge in [0.1, 0.15) is 0 Å². The molecule has 1 aromatic rings. The molecule has 1 aromatic carbocycles. The molecule has 0 fully saturated rings. The third-order valence-electron chi connectivity index (χ3n) is 2.16. The van der Waals surface area contributed by atoms with Crippen molar-refractivity contribution in [2.24, 2.45) is 0 Å². The third kappa shape index (κ3) is 1.36. The lowest BCUT2D eigenvalue weighted by Gasteiger charge is -2.05. The van der Waals surface area contributed by atoms with Crippen molar-refractivity contribution < 1.29 is 14.8 Å². The van der Waals surface area contributed by atoms with Crippen molar-refractivity contribution in [2.45, 2.75) is 13.2 Å². The van der Waals surface area contributed by atoms with Crippen LogP contribution < -0.4 is 5.46 Å². The molecule has 0 spiro atoms. The van der Waals surface area contributed by atoms with E-state index in [0.717, 1.165) is 5.56 Å². The summed E-state index contributed by atoms with van der Waals surface area (Å²) in [6.45, 7) is 0.251. The summed E-state index contributed by atoms with van der Waals surface area (Å²) < 4.78 is 4.99. The van der Waals surface area contributed by atoms with Gasteiger partial charge in [-0.15, -0.1) is 0 Å². The average molecular weight is 198 g/mol. The van der Waals surface area contributed by atoms with Crippen molar-refractivity contribution in [1.82, 2.24) is 0 Å². The Kier molecular flexibility index (Phi) is 2.30. The average Bonchev–Trinajstić information content (AvgIpc) is 2.49. The predicted molar refractivity (Wildman–Crippen MR) is 49.8 cm³/mol. The first-order chi connectivity index (χ1) is 6.24. The van der Waals surface area contributed by atoms with E-state index in [9.17, 15) is 5.02 Å². The number of fused-ring (bicyclic) bond motifs is 1. The van der Waals surface area contributed by atoms with Crippen LogP contribution in [0.1, 0.15) is 11.1 Å². The highest BCUT2D eigenvalue weighted by Crippen LogP contribution is 2.20. The molecule has 0 saturated carbocycles. The Labute approximate surface area is 81.1 Å². The highest BCUT2D eigenvalue weighted by atomic mass is 35.5. The van der Waals surface area contributed by atoms with Gasteiger partial charge in [0.2, 0.25) is 0 Å². The number of aliphatic hydroxyl groups is 1. The Morgan fingerprint density at radius 1 is 1.54 bits per heavy atom. The van der Waals surface area contributed by atoms with E-state index < -0.39 is 7.12 Å². The van der Waals surface area contributed by atoms with E-state index in [1.54, 1.807) is 6.07 Å². The van der Waals surface area contributed by atoms with E-state index in [0.29, 0.717) is 22.7 Å². The molecule has 0 aromatic heterocycles. The number of hydrogen-bond donors (Lipinski definition) is 2. The quantitative estimate of drug-likeness (QED) is 0.627. The van der Waals surface area contributed by atoms with Gasteiger partial charge in [-0.05, 0) is 11.1 Å². The lowest BCUT2D eigenvalue weighted by molar-refractivity contribution is 0.275. The molecular weight excluding hydrogens is 190 g/mol. The van der Waals surface area contributed by atoms with Gasteiger partial charge in [0.05, 0.1) is 13.2 Å². The summed E-state index contributed by atoms with van der Waals surface area (Å²) in [5.74, 6) is 0. The summed E-state index contributed by atoms with van der Waals surface area (Å²) in [4.78, 5) is 0. The number of hydrogen-bond acceptors (Lipinski definition) is 3. The van der Waals surface area contributed by atoms with Gasteiger partial charge >= 0.3 is 7.12 Å². The van der Waals surface area contributed by atoms with E-state index >= 15 is 0 Å². The number of benzene rings is 1. The molecule has 0 saturated heterocycles.